The summed E-state index contributed by atoms with van der Waals surface area (Å²) in [4.78, 5) is 12.1. The first-order chi connectivity index (χ1) is 9.08. The minimum absolute atomic E-state index is 0.0679. The molecule has 2 rings (SSSR count). The van der Waals surface area contributed by atoms with Gasteiger partial charge in [0.25, 0.3) is 5.56 Å². The molecule has 0 aliphatic heterocycles. The lowest BCUT2D eigenvalue weighted by atomic mass is 10.4. The quantitative estimate of drug-likeness (QED) is 0.779. The second kappa shape index (κ2) is 6.52. The Labute approximate surface area is 121 Å². The van der Waals surface area contributed by atoms with Crippen molar-refractivity contribution >= 4 is 21.6 Å². The molecule has 19 heavy (non-hydrogen) atoms. The van der Waals surface area contributed by atoms with Gasteiger partial charge in [-0.2, -0.15) is 5.10 Å². The van der Waals surface area contributed by atoms with E-state index < -0.39 is 0 Å². The first-order valence-electron chi connectivity index (χ1n) is 6.69. The Bertz CT molecular complexity index is 483. The molecular formula is C13H20BrN3O2. The van der Waals surface area contributed by atoms with Crippen LogP contribution in [0.5, 0.6) is 0 Å². The monoisotopic (exact) mass is 329 g/mol. The normalized spacial score (nSPS) is 14.9. The average Bonchev–Trinajstić information content (AvgIpc) is 3.17. The number of anilines is 1. The van der Waals surface area contributed by atoms with E-state index >= 15 is 0 Å². The maximum Gasteiger partial charge on any atom is 0.283 e. The lowest BCUT2D eigenvalue weighted by molar-refractivity contribution is 0.0870. The Morgan fingerprint density at radius 2 is 2.32 bits per heavy atom. The van der Waals surface area contributed by atoms with E-state index in [9.17, 15) is 4.79 Å². The van der Waals surface area contributed by atoms with Crippen molar-refractivity contribution in [2.45, 2.75) is 39.3 Å². The van der Waals surface area contributed by atoms with E-state index in [0.29, 0.717) is 23.5 Å². The molecular weight excluding hydrogens is 310 g/mol. The van der Waals surface area contributed by atoms with Crippen molar-refractivity contribution in [3.05, 3.63) is 21.0 Å². The van der Waals surface area contributed by atoms with Crippen molar-refractivity contribution < 1.29 is 4.74 Å². The molecule has 0 aromatic carbocycles. The highest BCUT2D eigenvalue weighted by Gasteiger charge is 2.23. The minimum atomic E-state index is -0.0679. The van der Waals surface area contributed by atoms with Crippen LogP contribution in [0.15, 0.2) is 15.5 Å². The van der Waals surface area contributed by atoms with Crippen molar-refractivity contribution in [2.24, 2.45) is 5.92 Å². The summed E-state index contributed by atoms with van der Waals surface area (Å²) in [6.45, 7) is 5.99. The summed E-state index contributed by atoms with van der Waals surface area (Å²) < 4.78 is 7.52. The predicted molar refractivity (Wildman–Crippen MR) is 78.5 cm³/mol. The van der Waals surface area contributed by atoms with E-state index in [1.807, 2.05) is 13.8 Å². The molecule has 0 atom stereocenters. The van der Waals surface area contributed by atoms with Gasteiger partial charge >= 0.3 is 0 Å². The van der Waals surface area contributed by atoms with E-state index in [2.05, 4.69) is 26.3 Å². The third-order valence-corrected chi connectivity index (χ3v) is 3.75. The zero-order valence-corrected chi connectivity index (χ0v) is 12.9. The van der Waals surface area contributed by atoms with Gasteiger partial charge in [0.2, 0.25) is 0 Å². The number of hydrogen-bond acceptors (Lipinski definition) is 4. The summed E-state index contributed by atoms with van der Waals surface area (Å²) in [5.41, 5.74) is 0.658. The number of halogens is 1. The second-order valence-electron chi connectivity index (χ2n) is 5.15. The molecule has 106 valence electrons. The molecule has 1 aliphatic rings. The van der Waals surface area contributed by atoms with E-state index in [4.69, 9.17) is 4.74 Å². The maximum atomic E-state index is 12.1. The van der Waals surface area contributed by atoms with Crippen molar-refractivity contribution in [1.82, 2.24) is 9.78 Å². The zero-order chi connectivity index (χ0) is 13.8. The van der Waals surface area contributed by atoms with Crippen molar-refractivity contribution in [3.8, 4) is 0 Å². The van der Waals surface area contributed by atoms with Crippen LogP contribution in [-0.2, 0) is 11.3 Å². The largest absolute Gasteiger partial charge is 0.380 e. The summed E-state index contributed by atoms with van der Waals surface area (Å²) in [7, 11) is 0. The molecule has 1 heterocycles. The summed E-state index contributed by atoms with van der Waals surface area (Å²) in [6, 6.07) is 0. The molecule has 1 aromatic rings. The van der Waals surface area contributed by atoms with Gasteiger partial charge in [0.1, 0.15) is 4.47 Å². The molecule has 5 nitrogen and oxygen atoms in total. The molecule has 1 fully saturated rings. The summed E-state index contributed by atoms with van der Waals surface area (Å²) in [5, 5.41) is 7.36. The van der Waals surface area contributed by atoms with Gasteiger partial charge in [0.15, 0.2) is 0 Å². The van der Waals surface area contributed by atoms with Crippen molar-refractivity contribution in [2.75, 3.05) is 18.5 Å². The van der Waals surface area contributed by atoms with Crippen LogP contribution >= 0.6 is 15.9 Å². The number of nitrogens with zero attached hydrogens (tertiary/aromatic N) is 2. The molecule has 1 aliphatic carbocycles. The van der Waals surface area contributed by atoms with Gasteiger partial charge in [0, 0.05) is 13.1 Å². The van der Waals surface area contributed by atoms with Crippen LogP contribution in [0, 0.1) is 5.92 Å². The van der Waals surface area contributed by atoms with Crippen molar-refractivity contribution in [3.63, 3.8) is 0 Å². The number of ether oxygens (including phenoxy) is 1. The van der Waals surface area contributed by atoms with Gasteiger partial charge in [-0.25, -0.2) is 4.68 Å². The highest BCUT2D eigenvalue weighted by Crippen LogP contribution is 2.30. The third-order valence-electron chi connectivity index (χ3n) is 2.98. The molecule has 1 saturated carbocycles. The number of nitrogens with one attached hydrogen (secondary N) is 1. The fourth-order valence-electron chi connectivity index (χ4n) is 1.74. The molecule has 6 heteroatoms. The average molecular weight is 330 g/mol. The SMILES string of the molecule is CC(C)OCCNc1cnn(CC2CC2)c(=O)c1Br. The Morgan fingerprint density at radius 1 is 1.58 bits per heavy atom. The van der Waals surface area contributed by atoms with Crippen LogP contribution in [0.2, 0.25) is 0 Å². The van der Waals surface area contributed by atoms with Gasteiger partial charge < -0.3 is 10.1 Å². The number of hydrogen-bond donors (Lipinski definition) is 1. The fraction of sp³-hybridized carbons (Fsp3) is 0.692. The Balaban J connectivity index is 1.93. The van der Waals surface area contributed by atoms with E-state index in [1.54, 1.807) is 6.20 Å². The van der Waals surface area contributed by atoms with E-state index in [-0.39, 0.29) is 11.7 Å². The highest BCUT2D eigenvalue weighted by molar-refractivity contribution is 9.10. The van der Waals surface area contributed by atoms with Gasteiger partial charge in [-0.3, -0.25) is 4.79 Å². The van der Waals surface area contributed by atoms with Gasteiger partial charge in [0.05, 0.1) is 24.6 Å². The highest BCUT2D eigenvalue weighted by atomic mass is 79.9. The lowest BCUT2D eigenvalue weighted by Gasteiger charge is -2.11. The molecule has 1 aromatic heterocycles. The van der Waals surface area contributed by atoms with Crippen LogP contribution < -0.4 is 10.9 Å². The standard InChI is InChI=1S/C13H20BrN3O2/c1-9(2)19-6-5-15-11-7-16-17(8-10-3-4-10)13(18)12(11)14/h7,9-10,15H,3-6,8H2,1-2H3. The Morgan fingerprint density at radius 3 is 2.95 bits per heavy atom. The third kappa shape index (κ3) is 4.31. The smallest absolute Gasteiger partial charge is 0.283 e. The van der Waals surface area contributed by atoms with Crippen LogP contribution in [-0.4, -0.2) is 29.0 Å². The van der Waals surface area contributed by atoms with Gasteiger partial charge in [-0.15, -0.1) is 0 Å². The molecule has 0 amide bonds. The van der Waals surface area contributed by atoms with Crippen LogP contribution in [0.25, 0.3) is 0 Å². The van der Waals surface area contributed by atoms with Gasteiger partial charge in [-0.05, 0) is 48.5 Å². The molecule has 0 radical (unpaired) electrons. The lowest BCUT2D eigenvalue weighted by Crippen LogP contribution is -2.25. The summed E-state index contributed by atoms with van der Waals surface area (Å²) in [5.74, 6) is 0.635. The summed E-state index contributed by atoms with van der Waals surface area (Å²) >= 11 is 3.35. The first-order valence-corrected chi connectivity index (χ1v) is 7.48. The topological polar surface area (TPSA) is 56.1 Å². The fourth-order valence-corrected chi connectivity index (χ4v) is 2.19. The van der Waals surface area contributed by atoms with Gasteiger partial charge in [-0.1, -0.05) is 0 Å². The summed E-state index contributed by atoms with van der Waals surface area (Å²) in [6.07, 6.45) is 4.33. The number of rotatable bonds is 7. The van der Waals surface area contributed by atoms with Crippen LogP contribution in [0.3, 0.4) is 0 Å². The van der Waals surface area contributed by atoms with Crippen molar-refractivity contribution in [1.29, 1.82) is 0 Å². The first kappa shape index (κ1) is 14.5. The Hall–Kier alpha value is -0.880. The zero-order valence-electron chi connectivity index (χ0n) is 11.4. The predicted octanol–water partition coefficient (Wildman–Crippen LogP) is 2.25. The molecule has 0 bridgehead atoms. The van der Waals surface area contributed by atoms with E-state index in [1.165, 1.54) is 17.5 Å². The molecule has 0 saturated heterocycles. The van der Waals surface area contributed by atoms with Crippen LogP contribution in [0.1, 0.15) is 26.7 Å². The maximum absolute atomic E-state index is 12.1. The number of aromatic nitrogens is 2. The van der Waals surface area contributed by atoms with E-state index in [0.717, 1.165) is 12.2 Å². The Kier molecular flexibility index (Phi) is 4.99. The molecule has 1 N–H and O–H groups in total. The molecule has 0 spiro atoms. The minimum Gasteiger partial charge on any atom is -0.380 e. The van der Waals surface area contributed by atoms with Crippen LogP contribution in [0.4, 0.5) is 5.69 Å². The second-order valence-corrected chi connectivity index (χ2v) is 5.94. The molecule has 0 unspecified atom stereocenters.